The predicted molar refractivity (Wildman–Crippen MR) is 257 cm³/mol. The molecule has 0 aliphatic carbocycles. The van der Waals surface area contributed by atoms with Crippen molar-refractivity contribution in [1.29, 1.82) is 0 Å². The molecule has 3 heteroatoms. The Morgan fingerprint density at radius 1 is 0.328 bits per heavy atom. The molecule has 1 heterocycles. The van der Waals surface area contributed by atoms with E-state index in [0.717, 1.165) is 62.8 Å². The van der Waals surface area contributed by atoms with Gasteiger partial charge in [-0.25, -0.2) is 4.70 Å². The van der Waals surface area contributed by atoms with Crippen molar-refractivity contribution in [3.63, 3.8) is 0 Å². The maximum Gasteiger partial charge on any atom is 2.00 e. The van der Waals surface area contributed by atoms with E-state index in [4.69, 9.17) is 0 Å². The minimum absolute atomic E-state index is 0. The number of benzene rings is 2. The quantitative estimate of drug-likeness (QED) is 0.0295. The van der Waals surface area contributed by atoms with Gasteiger partial charge in [0.05, 0.1) is 0 Å². The normalized spacial score (nSPS) is 12.6. The van der Waals surface area contributed by atoms with Crippen LogP contribution in [0.15, 0.2) is 47.5 Å². The Kier molecular flexibility index (Phi) is 33.8. The summed E-state index contributed by atoms with van der Waals surface area (Å²) in [6.07, 6.45) is 38.7. The number of aryl methyl sites for hydroxylation is 4. The van der Waals surface area contributed by atoms with Crippen LogP contribution in [0.1, 0.15) is 248 Å². The van der Waals surface area contributed by atoms with Gasteiger partial charge in [-0.05, 0) is 124 Å². The smallest absolute Gasteiger partial charge is 0.493 e. The monoisotopic (exact) mass is 887 g/mol. The summed E-state index contributed by atoms with van der Waals surface area (Å²) < 4.78 is 1.70. The standard InChI is InChI=1S/C53H86N2.2CH3.Pd/c1-7-13-19-23-25-30-34-46-39-47(35-31-26-24-20-14-8-2)43-49(42-46)53-51(37-27-17-11-5)50(36-18-12-6)52(55(53)54)48-40-44(32-28-21-15-9-3)38-45(41-48)33-29-22-16-10-4;;;/h38-43H,7-37H2,1-6H3;2*1H3;/q;2*-1;+2. The molecule has 0 saturated carbocycles. The molecule has 0 fully saturated rings. The molecule has 2 aromatic carbocycles. The zero-order valence-corrected chi connectivity index (χ0v) is 41.1. The van der Waals surface area contributed by atoms with Gasteiger partial charge in [0, 0.05) is 22.3 Å². The SMILES string of the molecule is CCCCCCCCc1cc(CCCCCCCC)cc(C2=C(CCCCC)C(CCCC)=C(c3cc(CCCCCC)cc(CCCCCC)c3)[N+]2=[N-])c1.[CH3-].[CH3-].[Pd+2]. The summed E-state index contributed by atoms with van der Waals surface area (Å²) in [7, 11) is 0. The van der Waals surface area contributed by atoms with Crippen LogP contribution in [0.5, 0.6) is 0 Å². The van der Waals surface area contributed by atoms with Gasteiger partial charge in [-0.3, -0.25) is 0 Å². The Bertz CT molecular complexity index is 1370. The third kappa shape index (κ3) is 20.2. The van der Waals surface area contributed by atoms with E-state index in [0.29, 0.717) is 0 Å². The van der Waals surface area contributed by atoms with Crippen LogP contribution in [-0.2, 0) is 46.1 Å². The van der Waals surface area contributed by atoms with Crippen molar-refractivity contribution in [2.75, 3.05) is 0 Å². The summed E-state index contributed by atoms with van der Waals surface area (Å²) in [5.41, 5.74) is 26.1. The van der Waals surface area contributed by atoms with Crippen LogP contribution in [0, 0.1) is 14.9 Å². The van der Waals surface area contributed by atoms with Crippen LogP contribution in [0.2, 0.25) is 0 Å². The first kappa shape index (κ1) is 56.2. The molecule has 2 aromatic rings. The molecule has 0 atom stereocenters. The molecular weight excluding hydrogens is 795 g/mol. The summed E-state index contributed by atoms with van der Waals surface area (Å²) in [5.74, 6) is 0. The second kappa shape index (κ2) is 34.8. The maximum atomic E-state index is 12.7. The zero-order valence-electron chi connectivity index (χ0n) is 39.6. The van der Waals surface area contributed by atoms with Crippen molar-refractivity contribution in [1.82, 2.24) is 0 Å². The molecule has 0 unspecified atom stereocenters. The average Bonchev–Trinajstić information content (AvgIpc) is 3.47. The maximum absolute atomic E-state index is 12.7. The van der Waals surface area contributed by atoms with E-state index in [1.807, 2.05) is 0 Å². The topological polar surface area (TPSA) is 25.3 Å². The van der Waals surface area contributed by atoms with Gasteiger partial charge in [-0.2, -0.15) is 0 Å². The molecular formula is C55H92N2Pd. The van der Waals surface area contributed by atoms with E-state index >= 15 is 0 Å². The molecule has 0 bridgehead atoms. The van der Waals surface area contributed by atoms with Crippen LogP contribution in [-0.4, -0.2) is 4.70 Å². The molecule has 0 radical (unpaired) electrons. The van der Waals surface area contributed by atoms with Crippen LogP contribution in [0.4, 0.5) is 0 Å². The van der Waals surface area contributed by atoms with E-state index in [1.54, 1.807) is 4.70 Å². The first-order valence-corrected chi connectivity index (χ1v) is 24.2. The fourth-order valence-corrected chi connectivity index (χ4v) is 8.80. The van der Waals surface area contributed by atoms with Crippen LogP contribution >= 0.6 is 0 Å². The number of allylic oxidation sites excluding steroid dienone is 2. The zero-order chi connectivity index (χ0) is 39.5. The second-order valence-electron chi connectivity index (χ2n) is 17.3. The van der Waals surface area contributed by atoms with Crippen LogP contribution in [0.3, 0.4) is 0 Å². The number of unbranched alkanes of at least 4 members (excludes halogenated alkanes) is 19. The van der Waals surface area contributed by atoms with Gasteiger partial charge in [0.15, 0.2) is 0 Å². The van der Waals surface area contributed by atoms with Gasteiger partial charge in [-0.15, -0.1) is 0 Å². The second-order valence-corrected chi connectivity index (χ2v) is 17.3. The molecule has 0 N–H and O–H groups in total. The van der Waals surface area contributed by atoms with Crippen LogP contribution < -0.4 is 0 Å². The molecule has 0 spiro atoms. The summed E-state index contributed by atoms with van der Waals surface area (Å²) in [4.78, 5) is 0. The minimum atomic E-state index is 0. The third-order valence-electron chi connectivity index (χ3n) is 12.1. The number of rotatable bonds is 33. The third-order valence-corrected chi connectivity index (χ3v) is 12.1. The van der Waals surface area contributed by atoms with Crippen molar-refractivity contribution in [3.8, 4) is 0 Å². The molecule has 0 aromatic heterocycles. The first-order valence-electron chi connectivity index (χ1n) is 24.2. The van der Waals surface area contributed by atoms with Crippen molar-refractivity contribution in [2.24, 2.45) is 0 Å². The molecule has 0 amide bonds. The van der Waals surface area contributed by atoms with Gasteiger partial charge in [0.2, 0.25) is 11.4 Å². The van der Waals surface area contributed by atoms with E-state index in [2.05, 4.69) is 77.9 Å². The van der Waals surface area contributed by atoms with E-state index in [-0.39, 0.29) is 35.3 Å². The summed E-state index contributed by atoms with van der Waals surface area (Å²) in [6, 6.07) is 14.9. The van der Waals surface area contributed by atoms with Gasteiger partial charge in [0.25, 0.3) is 0 Å². The molecule has 332 valence electrons. The van der Waals surface area contributed by atoms with Crippen LogP contribution in [0.25, 0.3) is 16.9 Å². The minimum Gasteiger partial charge on any atom is -0.493 e. The largest absolute Gasteiger partial charge is 2.00 e. The Morgan fingerprint density at radius 2 is 0.569 bits per heavy atom. The Hall–Kier alpha value is -1.82. The van der Waals surface area contributed by atoms with Crippen molar-refractivity contribution in [3.05, 3.63) is 101 Å². The summed E-state index contributed by atoms with van der Waals surface area (Å²) in [6.45, 7) is 13.9. The van der Waals surface area contributed by atoms with E-state index < -0.39 is 0 Å². The van der Waals surface area contributed by atoms with Crippen molar-refractivity contribution >= 4 is 11.4 Å². The molecule has 58 heavy (non-hydrogen) atoms. The Balaban J connectivity index is 0.0000108. The van der Waals surface area contributed by atoms with Crippen molar-refractivity contribution in [2.45, 2.75) is 241 Å². The fraction of sp³-hybridized carbons (Fsp3) is 0.673. The number of hydrogen-bond acceptors (Lipinski definition) is 0. The number of hydrogen-bond donors (Lipinski definition) is 0. The van der Waals surface area contributed by atoms with E-state index in [1.165, 1.54) is 192 Å². The Labute approximate surface area is 376 Å². The number of nitrogens with zero attached hydrogens (tertiary/aromatic N) is 2. The molecule has 0 saturated heterocycles. The Morgan fingerprint density at radius 3 is 0.897 bits per heavy atom. The average molecular weight is 888 g/mol. The van der Waals surface area contributed by atoms with Gasteiger partial charge < -0.3 is 20.4 Å². The van der Waals surface area contributed by atoms with Crippen molar-refractivity contribution < 1.29 is 25.1 Å². The van der Waals surface area contributed by atoms with E-state index in [9.17, 15) is 5.53 Å². The first-order chi connectivity index (χ1) is 27.0. The molecule has 1 aliphatic heterocycles. The summed E-state index contributed by atoms with van der Waals surface area (Å²) in [5, 5.41) is 0. The predicted octanol–water partition coefficient (Wildman–Crippen LogP) is 18.6. The molecule has 3 rings (SSSR count). The van der Waals surface area contributed by atoms with Gasteiger partial charge in [-0.1, -0.05) is 176 Å². The van der Waals surface area contributed by atoms with Gasteiger partial charge >= 0.3 is 20.4 Å². The fourth-order valence-electron chi connectivity index (χ4n) is 8.80. The molecule has 2 nitrogen and oxygen atoms in total. The van der Waals surface area contributed by atoms with Gasteiger partial charge in [0.1, 0.15) is 0 Å². The molecule has 1 aliphatic rings. The summed E-state index contributed by atoms with van der Waals surface area (Å²) >= 11 is 0.